The quantitative estimate of drug-likeness (QED) is 0.390. The number of carbonyl (C=O) groups is 4. The number of ether oxygens (including phenoxy) is 1. The molecule has 37 heavy (non-hydrogen) atoms. The van der Waals surface area contributed by atoms with Gasteiger partial charge in [-0.3, -0.25) is 14.4 Å². The highest BCUT2D eigenvalue weighted by atomic mass is 16.6. The molecule has 1 fully saturated rings. The molecule has 206 valence electrons. The van der Waals surface area contributed by atoms with Crippen LogP contribution in [0.4, 0.5) is 4.79 Å². The van der Waals surface area contributed by atoms with Crippen molar-refractivity contribution in [2.45, 2.75) is 110 Å². The first-order valence-electron chi connectivity index (χ1n) is 13.2. The van der Waals surface area contributed by atoms with Crippen LogP contribution in [-0.4, -0.2) is 52.4 Å². The molecular formula is C28H44N4O5. The van der Waals surface area contributed by atoms with Gasteiger partial charge in [0.1, 0.15) is 17.7 Å². The summed E-state index contributed by atoms with van der Waals surface area (Å²) in [5.41, 5.74) is 6.31. The van der Waals surface area contributed by atoms with Crippen molar-refractivity contribution in [3.63, 3.8) is 0 Å². The number of benzene rings is 1. The maximum atomic E-state index is 14.1. The van der Waals surface area contributed by atoms with Crippen molar-refractivity contribution in [2.75, 3.05) is 0 Å². The van der Waals surface area contributed by atoms with Gasteiger partial charge in [0, 0.05) is 18.5 Å². The molecule has 5 unspecified atom stereocenters. The van der Waals surface area contributed by atoms with Gasteiger partial charge in [0.2, 0.25) is 17.7 Å². The van der Waals surface area contributed by atoms with Gasteiger partial charge in [-0.25, -0.2) is 4.79 Å². The first kappa shape index (κ1) is 30.1. The summed E-state index contributed by atoms with van der Waals surface area (Å²) in [5.74, 6) is -1.11. The van der Waals surface area contributed by atoms with Gasteiger partial charge in [0.05, 0.1) is 0 Å². The fourth-order valence-electron chi connectivity index (χ4n) is 4.36. The van der Waals surface area contributed by atoms with E-state index in [-0.39, 0.29) is 36.8 Å². The van der Waals surface area contributed by atoms with Crippen LogP contribution in [0.15, 0.2) is 24.3 Å². The lowest BCUT2D eigenvalue weighted by Gasteiger charge is -2.35. The molecule has 0 saturated heterocycles. The molecule has 0 radical (unpaired) electrons. The second kappa shape index (κ2) is 12.9. The molecule has 4 amide bonds. The van der Waals surface area contributed by atoms with Gasteiger partial charge in [0.25, 0.3) is 0 Å². The van der Waals surface area contributed by atoms with Crippen molar-refractivity contribution in [1.82, 2.24) is 15.5 Å². The average molecular weight is 517 g/mol. The molecule has 1 saturated carbocycles. The van der Waals surface area contributed by atoms with Gasteiger partial charge in [-0.1, -0.05) is 50.1 Å². The Bertz CT molecular complexity index is 956. The summed E-state index contributed by atoms with van der Waals surface area (Å²) >= 11 is 0. The van der Waals surface area contributed by atoms with E-state index in [1.54, 1.807) is 25.7 Å². The van der Waals surface area contributed by atoms with Gasteiger partial charge in [-0.2, -0.15) is 0 Å². The molecule has 0 spiro atoms. The Morgan fingerprint density at radius 2 is 1.70 bits per heavy atom. The van der Waals surface area contributed by atoms with E-state index in [1.165, 1.54) is 0 Å². The maximum absolute atomic E-state index is 14.1. The van der Waals surface area contributed by atoms with Crippen molar-refractivity contribution in [3.05, 3.63) is 35.4 Å². The lowest BCUT2D eigenvalue weighted by atomic mass is 9.99. The van der Waals surface area contributed by atoms with E-state index < -0.39 is 35.6 Å². The number of amides is 4. The van der Waals surface area contributed by atoms with E-state index in [4.69, 9.17) is 10.5 Å². The number of hydrogen-bond acceptors (Lipinski definition) is 5. The first-order chi connectivity index (χ1) is 17.2. The van der Waals surface area contributed by atoms with E-state index >= 15 is 0 Å². The molecular weight excluding hydrogens is 472 g/mol. The van der Waals surface area contributed by atoms with Crippen LogP contribution in [0.2, 0.25) is 0 Å². The van der Waals surface area contributed by atoms with Gasteiger partial charge >= 0.3 is 6.09 Å². The number of primary amides is 1. The van der Waals surface area contributed by atoms with Crippen LogP contribution in [-0.2, 0) is 19.1 Å². The van der Waals surface area contributed by atoms with Crippen LogP contribution in [0.5, 0.6) is 0 Å². The zero-order valence-corrected chi connectivity index (χ0v) is 23.3. The number of hydrogen-bond donors (Lipinski definition) is 3. The average Bonchev–Trinajstić information content (AvgIpc) is 3.49. The lowest BCUT2D eigenvalue weighted by molar-refractivity contribution is -0.144. The topological polar surface area (TPSA) is 131 Å². The normalized spacial score (nSPS) is 19.2. The number of nitrogens with two attached hydrogens (primary N) is 1. The van der Waals surface area contributed by atoms with Crippen molar-refractivity contribution in [2.24, 2.45) is 11.7 Å². The van der Waals surface area contributed by atoms with Crippen molar-refractivity contribution in [3.8, 4) is 0 Å². The minimum Gasteiger partial charge on any atom is -0.444 e. The summed E-state index contributed by atoms with van der Waals surface area (Å²) in [6.07, 6.45) is 1.58. The fraction of sp³-hybridized carbons (Fsp3) is 0.643. The zero-order chi connectivity index (χ0) is 27.9. The minimum absolute atomic E-state index is 0.000511. The highest BCUT2D eigenvalue weighted by Gasteiger charge is 2.48. The smallest absolute Gasteiger partial charge is 0.408 e. The van der Waals surface area contributed by atoms with E-state index in [9.17, 15) is 19.2 Å². The second-order valence-corrected chi connectivity index (χ2v) is 11.2. The molecule has 9 heteroatoms. The van der Waals surface area contributed by atoms with Crippen molar-refractivity contribution in [1.29, 1.82) is 0 Å². The SMILES string of the molecule is CCCC(C)NC(=O)C(c1ccc(C)cc1)N(C(=O)C(CCC(N)=O)NC(=O)OC(C)(C)C)C1CC1C. The lowest BCUT2D eigenvalue weighted by Crippen LogP contribution is -2.54. The number of carbonyl (C=O) groups excluding carboxylic acids is 4. The van der Waals surface area contributed by atoms with Gasteiger partial charge in [-0.05, 0) is 65.4 Å². The summed E-state index contributed by atoms with van der Waals surface area (Å²) < 4.78 is 5.37. The number of nitrogens with one attached hydrogen (secondary N) is 2. The molecule has 0 bridgehead atoms. The molecule has 1 aliphatic carbocycles. The molecule has 5 atom stereocenters. The second-order valence-electron chi connectivity index (χ2n) is 11.2. The maximum Gasteiger partial charge on any atom is 0.408 e. The number of rotatable bonds is 12. The largest absolute Gasteiger partial charge is 0.444 e. The standard InChI is InChI=1S/C28H44N4O5/c1-8-9-19(4)30-25(34)24(20-12-10-17(2)11-13-20)32(22-16-18(22)3)26(35)21(14-15-23(29)33)31-27(36)37-28(5,6)7/h10-13,18-19,21-22,24H,8-9,14-16H2,1-7H3,(H2,29,33)(H,30,34)(H,31,36). The Labute approximate surface area is 220 Å². The van der Waals surface area contributed by atoms with Crippen LogP contribution >= 0.6 is 0 Å². The molecule has 1 aromatic rings. The Kier molecular flexibility index (Phi) is 10.5. The summed E-state index contributed by atoms with van der Waals surface area (Å²) in [6.45, 7) is 13.1. The number of nitrogens with zero attached hydrogens (tertiary/aromatic N) is 1. The molecule has 4 N–H and O–H groups in total. The van der Waals surface area contributed by atoms with Gasteiger partial charge < -0.3 is 26.0 Å². The van der Waals surface area contributed by atoms with E-state index in [0.29, 0.717) is 5.56 Å². The van der Waals surface area contributed by atoms with Gasteiger partial charge in [-0.15, -0.1) is 0 Å². The van der Waals surface area contributed by atoms with Crippen LogP contribution in [0.1, 0.15) is 90.8 Å². The van der Waals surface area contributed by atoms with Crippen molar-refractivity contribution < 1.29 is 23.9 Å². The monoisotopic (exact) mass is 516 g/mol. The van der Waals surface area contributed by atoms with Crippen LogP contribution in [0, 0.1) is 12.8 Å². The molecule has 1 aliphatic rings. The van der Waals surface area contributed by atoms with Crippen LogP contribution in [0.3, 0.4) is 0 Å². The predicted molar refractivity (Wildman–Crippen MR) is 142 cm³/mol. The summed E-state index contributed by atoms with van der Waals surface area (Å²) in [4.78, 5) is 53.6. The van der Waals surface area contributed by atoms with E-state index in [1.807, 2.05) is 52.0 Å². The predicted octanol–water partition coefficient (Wildman–Crippen LogP) is 3.74. The molecule has 1 aromatic carbocycles. The van der Waals surface area contributed by atoms with Gasteiger partial charge in [0.15, 0.2) is 0 Å². The molecule has 2 rings (SSSR count). The van der Waals surface area contributed by atoms with Crippen LogP contribution < -0.4 is 16.4 Å². The third-order valence-corrected chi connectivity index (χ3v) is 6.38. The molecule has 0 aliphatic heterocycles. The third-order valence-electron chi connectivity index (χ3n) is 6.38. The minimum atomic E-state index is -1.08. The highest BCUT2D eigenvalue weighted by Crippen LogP contribution is 2.41. The van der Waals surface area contributed by atoms with E-state index in [0.717, 1.165) is 24.8 Å². The Hall–Kier alpha value is -3.10. The summed E-state index contributed by atoms with van der Waals surface area (Å²) in [7, 11) is 0. The number of aryl methyl sites for hydroxylation is 1. The Morgan fingerprint density at radius 3 is 2.19 bits per heavy atom. The summed E-state index contributed by atoms with van der Waals surface area (Å²) in [6, 6.07) is 5.32. The Balaban J connectivity index is 2.48. The molecule has 9 nitrogen and oxygen atoms in total. The fourth-order valence-corrected chi connectivity index (χ4v) is 4.36. The third kappa shape index (κ3) is 9.37. The summed E-state index contributed by atoms with van der Waals surface area (Å²) in [5, 5.41) is 5.70. The highest BCUT2D eigenvalue weighted by molar-refractivity contribution is 5.93. The number of alkyl carbamates (subject to hydrolysis) is 1. The van der Waals surface area contributed by atoms with E-state index in [2.05, 4.69) is 10.6 Å². The first-order valence-corrected chi connectivity index (χ1v) is 13.2. The molecule has 0 heterocycles. The van der Waals surface area contributed by atoms with Crippen LogP contribution in [0.25, 0.3) is 0 Å². The molecule has 0 aromatic heterocycles. The Morgan fingerprint density at radius 1 is 1.11 bits per heavy atom. The zero-order valence-electron chi connectivity index (χ0n) is 23.3. The van der Waals surface area contributed by atoms with Crippen molar-refractivity contribution >= 4 is 23.8 Å².